The maximum atomic E-state index is 12.2. The van der Waals surface area contributed by atoms with Crippen molar-refractivity contribution in [3.8, 4) is 0 Å². The van der Waals surface area contributed by atoms with Crippen molar-refractivity contribution >= 4 is 22.8 Å². The van der Waals surface area contributed by atoms with Crippen LogP contribution in [0.4, 0.5) is 5.95 Å². The molecule has 108 valence electrons. The third-order valence-electron chi connectivity index (χ3n) is 3.67. The molecule has 4 rings (SSSR count). The molecule has 0 radical (unpaired) electrons. The summed E-state index contributed by atoms with van der Waals surface area (Å²) < 4.78 is 1.89. The zero-order valence-electron chi connectivity index (χ0n) is 11.6. The van der Waals surface area contributed by atoms with Crippen LogP contribution in [0.1, 0.15) is 11.7 Å². The third kappa shape index (κ3) is 1.85. The molecule has 0 amide bonds. The molecular weight excluding hydrogens is 278 g/mol. The van der Waals surface area contributed by atoms with E-state index in [0.29, 0.717) is 11.3 Å². The average Bonchev–Trinajstić information content (AvgIpc) is 2.55. The van der Waals surface area contributed by atoms with Crippen molar-refractivity contribution in [1.29, 1.82) is 0 Å². The largest absolute Gasteiger partial charge is 0.370 e. The molecule has 1 aliphatic heterocycles. The van der Waals surface area contributed by atoms with E-state index < -0.39 is 0 Å². The smallest absolute Gasteiger partial charge is 0.282 e. The number of guanidine groups is 1. The molecule has 6 heteroatoms. The second-order valence-corrected chi connectivity index (χ2v) is 5.05. The topological polar surface area (TPSA) is 85.3 Å². The first kappa shape index (κ1) is 12.6. The van der Waals surface area contributed by atoms with E-state index in [1.807, 2.05) is 53.1 Å². The Bertz CT molecular complexity index is 946. The SMILES string of the molecule is NC1=NC(c2ccccc2)n2c(nc(=O)c3ccccc32)N1. The molecule has 1 unspecified atom stereocenters. The van der Waals surface area contributed by atoms with E-state index in [0.717, 1.165) is 11.1 Å². The van der Waals surface area contributed by atoms with Crippen molar-refractivity contribution in [3.63, 3.8) is 0 Å². The summed E-state index contributed by atoms with van der Waals surface area (Å²) >= 11 is 0. The normalized spacial score (nSPS) is 16.7. The third-order valence-corrected chi connectivity index (χ3v) is 3.67. The number of rotatable bonds is 1. The monoisotopic (exact) mass is 291 g/mol. The minimum atomic E-state index is -0.351. The van der Waals surface area contributed by atoms with Crippen molar-refractivity contribution in [2.75, 3.05) is 5.32 Å². The molecule has 1 aliphatic rings. The van der Waals surface area contributed by atoms with E-state index in [1.165, 1.54) is 0 Å². The molecule has 6 nitrogen and oxygen atoms in total. The molecule has 3 N–H and O–H groups in total. The van der Waals surface area contributed by atoms with Crippen LogP contribution in [0.25, 0.3) is 10.9 Å². The van der Waals surface area contributed by atoms with Gasteiger partial charge in [0.25, 0.3) is 5.56 Å². The van der Waals surface area contributed by atoms with Crippen LogP contribution in [0, 0.1) is 0 Å². The molecule has 2 heterocycles. The molecule has 0 saturated carbocycles. The van der Waals surface area contributed by atoms with E-state index in [9.17, 15) is 4.79 Å². The summed E-state index contributed by atoms with van der Waals surface area (Å²) in [5.74, 6) is 0.654. The van der Waals surface area contributed by atoms with Gasteiger partial charge < -0.3 is 5.73 Å². The van der Waals surface area contributed by atoms with Crippen molar-refractivity contribution in [1.82, 2.24) is 9.55 Å². The molecule has 0 saturated heterocycles. The van der Waals surface area contributed by atoms with Gasteiger partial charge in [0.2, 0.25) is 5.95 Å². The summed E-state index contributed by atoms with van der Waals surface area (Å²) in [5.41, 5.74) is 7.32. The predicted molar refractivity (Wildman–Crippen MR) is 85.8 cm³/mol. The number of nitrogens with two attached hydrogens (primary N) is 1. The van der Waals surface area contributed by atoms with Crippen LogP contribution in [0.3, 0.4) is 0 Å². The average molecular weight is 291 g/mol. The minimum absolute atomic E-state index is 0.246. The van der Waals surface area contributed by atoms with Crippen LogP contribution in [-0.2, 0) is 0 Å². The summed E-state index contributed by atoms with van der Waals surface area (Å²) in [6.07, 6.45) is -0.351. The van der Waals surface area contributed by atoms with Gasteiger partial charge in [0.05, 0.1) is 10.9 Å². The number of aromatic nitrogens is 2. The number of nitrogens with one attached hydrogen (secondary N) is 1. The Kier molecular flexibility index (Phi) is 2.69. The van der Waals surface area contributed by atoms with Crippen LogP contribution >= 0.6 is 0 Å². The Morgan fingerprint density at radius 1 is 1.05 bits per heavy atom. The number of aliphatic imine (C=N–C) groups is 1. The van der Waals surface area contributed by atoms with Gasteiger partial charge >= 0.3 is 0 Å². The maximum Gasteiger partial charge on any atom is 0.282 e. The Labute approximate surface area is 125 Å². The van der Waals surface area contributed by atoms with Gasteiger partial charge in [0, 0.05) is 0 Å². The summed E-state index contributed by atoms with van der Waals surface area (Å²) in [6, 6.07) is 17.1. The first-order valence-electron chi connectivity index (χ1n) is 6.90. The van der Waals surface area contributed by atoms with E-state index in [1.54, 1.807) is 6.07 Å². The van der Waals surface area contributed by atoms with Crippen LogP contribution in [0.15, 0.2) is 64.4 Å². The summed E-state index contributed by atoms with van der Waals surface area (Å²) in [7, 11) is 0. The Morgan fingerprint density at radius 3 is 2.59 bits per heavy atom. The zero-order chi connectivity index (χ0) is 15.1. The number of para-hydroxylation sites is 1. The van der Waals surface area contributed by atoms with Crippen LogP contribution in [0.2, 0.25) is 0 Å². The van der Waals surface area contributed by atoms with Crippen LogP contribution in [-0.4, -0.2) is 15.5 Å². The predicted octanol–water partition coefficient (Wildman–Crippen LogP) is 1.68. The highest BCUT2D eigenvalue weighted by molar-refractivity contribution is 5.93. The number of benzene rings is 2. The molecule has 0 fully saturated rings. The van der Waals surface area contributed by atoms with Gasteiger partial charge in [0.1, 0.15) is 0 Å². The number of nitrogens with zero attached hydrogens (tertiary/aromatic N) is 3. The Balaban J connectivity index is 2.06. The lowest BCUT2D eigenvalue weighted by Crippen LogP contribution is -2.34. The number of fused-ring (bicyclic) bond motifs is 3. The van der Waals surface area contributed by atoms with Gasteiger partial charge in [0.15, 0.2) is 12.1 Å². The minimum Gasteiger partial charge on any atom is -0.370 e. The van der Waals surface area contributed by atoms with Crippen LogP contribution in [0.5, 0.6) is 0 Å². The van der Waals surface area contributed by atoms with Gasteiger partial charge in [-0.15, -0.1) is 0 Å². The van der Waals surface area contributed by atoms with Gasteiger partial charge in [-0.2, -0.15) is 4.98 Å². The summed E-state index contributed by atoms with van der Waals surface area (Å²) in [4.78, 5) is 20.7. The standard InChI is InChI=1S/C16H13N5O/c17-15-18-13(10-6-2-1-3-7-10)21-12-9-5-4-8-11(12)14(22)19-16(21)20-15/h1-9,13H,(H3,17,18,19,20,22). The molecule has 2 aromatic carbocycles. The Morgan fingerprint density at radius 2 is 1.77 bits per heavy atom. The van der Waals surface area contributed by atoms with Gasteiger partial charge in [-0.05, 0) is 17.7 Å². The number of anilines is 1. The quantitative estimate of drug-likeness (QED) is 0.714. The lowest BCUT2D eigenvalue weighted by atomic mass is 10.1. The molecule has 0 bridgehead atoms. The Hall–Kier alpha value is -3.15. The van der Waals surface area contributed by atoms with Gasteiger partial charge in [-0.3, -0.25) is 14.7 Å². The highest BCUT2D eigenvalue weighted by atomic mass is 16.1. The second kappa shape index (κ2) is 4.70. The molecule has 22 heavy (non-hydrogen) atoms. The van der Waals surface area contributed by atoms with Gasteiger partial charge in [-0.1, -0.05) is 42.5 Å². The van der Waals surface area contributed by atoms with Crippen LogP contribution < -0.4 is 16.6 Å². The van der Waals surface area contributed by atoms with E-state index in [4.69, 9.17) is 5.73 Å². The van der Waals surface area contributed by atoms with E-state index >= 15 is 0 Å². The van der Waals surface area contributed by atoms with E-state index in [2.05, 4.69) is 15.3 Å². The fourth-order valence-electron chi connectivity index (χ4n) is 2.71. The second-order valence-electron chi connectivity index (χ2n) is 5.05. The van der Waals surface area contributed by atoms with E-state index in [-0.39, 0.29) is 17.7 Å². The molecule has 0 spiro atoms. The van der Waals surface area contributed by atoms with Crippen molar-refractivity contribution in [2.45, 2.75) is 6.17 Å². The molecule has 1 atom stereocenters. The van der Waals surface area contributed by atoms with Gasteiger partial charge in [-0.25, -0.2) is 4.99 Å². The maximum absolute atomic E-state index is 12.2. The first-order chi connectivity index (χ1) is 10.7. The summed E-state index contributed by atoms with van der Waals surface area (Å²) in [6.45, 7) is 0. The highest BCUT2D eigenvalue weighted by Crippen LogP contribution is 2.29. The number of hydrogen-bond donors (Lipinski definition) is 2. The molecular formula is C16H13N5O. The number of hydrogen-bond acceptors (Lipinski definition) is 5. The first-order valence-corrected chi connectivity index (χ1v) is 6.90. The van der Waals surface area contributed by atoms with Crippen molar-refractivity contribution < 1.29 is 0 Å². The molecule has 0 aliphatic carbocycles. The lowest BCUT2D eigenvalue weighted by molar-refractivity contribution is 0.616. The fraction of sp³-hybridized carbons (Fsp3) is 0.0625. The van der Waals surface area contributed by atoms with Crippen molar-refractivity contribution in [2.24, 2.45) is 10.7 Å². The summed E-state index contributed by atoms with van der Waals surface area (Å²) in [5, 5.41) is 3.43. The highest BCUT2D eigenvalue weighted by Gasteiger charge is 2.24. The molecule has 1 aromatic heterocycles. The zero-order valence-corrected chi connectivity index (χ0v) is 11.6. The van der Waals surface area contributed by atoms with Crippen molar-refractivity contribution in [3.05, 3.63) is 70.5 Å². The molecule has 3 aromatic rings. The fourth-order valence-corrected chi connectivity index (χ4v) is 2.71. The lowest BCUT2D eigenvalue weighted by Gasteiger charge is -2.27.